The number of nitrogens with one attached hydrogen (secondary N) is 1. The summed E-state index contributed by atoms with van der Waals surface area (Å²) in [5.41, 5.74) is 1.04. The molecule has 1 aliphatic carbocycles. The van der Waals surface area contributed by atoms with Crippen molar-refractivity contribution in [1.29, 1.82) is 0 Å². The van der Waals surface area contributed by atoms with Crippen LogP contribution in [-0.2, 0) is 11.3 Å². The van der Waals surface area contributed by atoms with Crippen LogP contribution in [0.15, 0.2) is 12.4 Å². The van der Waals surface area contributed by atoms with E-state index in [1.165, 1.54) is 19.3 Å². The molecule has 1 aliphatic heterocycles. The molecular weight excluding hydrogens is 228 g/mol. The summed E-state index contributed by atoms with van der Waals surface area (Å²) in [7, 11) is 1.86. The largest absolute Gasteiger partial charge is 0.375 e. The van der Waals surface area contributed by atoms with Gasteiger partial charge in [-0.1, -0.05) is 0 Å². The average molecular weight is 248 g/mol. The maximum absolute atomic E-state index is 5.82. The molecule has 0 aromatic carbocycles. The molecule has 2 fully saturated rings. The van der Waals surface area contributed by atoms with Crippen LogP contribution in [0, 0.1) is 0 Å². The fourth-order valence-electron chi connectivity index (χ4n) is 2.98. The highest BCUT2D eigenvalue weighted by Gasteiger charge is 2.35. The zero-order valence-corrected chi connectivity index (χ0v) is 10.8. The highest BCUT2D eigenvalue weighted by molar-refractivity contribution is 5.29. The van der Waals surface area contributed by atoms with Crippen molar-refractivity contribution < 1.29 is 4.74 Å². The van der Waals surface area contributed by atoms with Gasteiger partial charge in [-0.2, -0.15) is 0 Å². The van der Waals surface area contributed by atoms with Crippen LogP contribution in [0.1, 0.15) is 25.0 Å². The highest BCUT2D eigenvalue weighted by Crippen LogP contribution is 2.30. The van der Waals surface area contributed by atoms with Gasteiger partial charge in [0.15, 0.2) is 0 Å². The van der Waals surface area contributed by atoms with Crippen molar-refractivity contribution in [1.82, 2.24) is 14.9 Å². The number of fused-ring (bicyclic) bond motifs is 1. The molecule has 0 spiro atoms. The molecule has 5 heteroatoms. The molecule has 2 aliphatic rings. The molecule has 0 amide bonds. The lowest BCUT2D eigenvalue weighted by atomic mass is 10.1. The fraction of sp³-hybridized carbons (Fsp3) is 0.692. The summed E-state index contributed by atoms with van der Waals surface area (Å²) in [6, 6.07) is 0.588. The van der Waals surface area contributed by atoms with Crippen LogP contribution in [0.4, 0.5) is 5.82 Å². The zero-order chi connectivity index (χ0) is 12.4. The standard InChI is InChI=1S/C13H20N4O/c1-14-13-8-15-10(7-16-13)9-17-5-6-18-12-4-2-3-11(12)17/h7-8,11-12H,2-6,9H2,1H3,(H,14,16). The fourth-order valence-corrected chi connectivity index (χ4v) is 2.98. The van der Waals surface area contributed by atoms with E-state index in [4.69, 9.17) is 4.74 Å². The third kappa shape index (κ3) is 2.33. The third-order valence-electron chi connectivity index (χ3n) is 3.92. The van der Waals surface area contributed by atoms with Crippen LogP contribution in [-0.4, -0.2) is 47.2 Å². The number of morpholine rings is 1. The molecule has 5 nitrogen and oxygen atoms in total. The lowest BCUT2D eigenvalue weighted by Crippen LogP contribution is -2.47. The van der Waals surface area contributed by atoms with Gasteiger partial charge in [-0.25, -0.2) is 4.98 Å². The lowest BCUT2D eigenvalue weighted by molar-refractivity contribution is -0.0592. The van der Waals surface area contributed by atoms with E-state index < -0.39 is 0 Å². The van der Waals surface area contributed by atoms with Crippen molar-refractivity contribution in [3.05, 3.63) is 18.1 Å². The van der Waals surface area contributed by atoms with Gasteiger partial charge in [-0.3, -0.25) is 9.88 Å². The summed E-state index contributed by atoms with van der Waals surface area (Å²) in [6.07, 6.45) is 7.87. The molecule has 1 aromatic heterocycles. The molecule has 18 heavy (non-hydrogen) atoms. The minimum atomic E-state index is 0.447. The summed E-state index contributed by atoms with van der Waals surface area (Å²) in [5, 5.41) is 2.99. The van der Waals surface area contributed by atoms with E-state index in [9.17, 15) is 0 Å². The topological polar surface area (TPSA) is 50.3 Å². The van der Waals surface area contributed by atoms with E-state index >= 15 is 0 Å². The molecule has 3 rings (SSSR count). The van der Waals surface area contributed by atoms with E-state index in [2.05, 4.69) is 20.2 Å². The number of aromatic nitrogens is 2. The van der Waals surface area contributed by atoms with Gasteiger partial charge in [0.1, 0.15) is 5.82 Å². The van der Waals surface area contributed by atoms with Crippen molar-refractivity contribution in [2.24, 2.45) is 0 Å². The van der Waals surface area contributed by atoms with Crippen LogP contribution in [0.2, 0.25) is 0 Å². The van der Waals surface area contributed by atoms with Crippen LogP contribution in [0.3, 0.4) is 0 Å². The van der Waals surface area contributed by atoms with Crippen LogP contribution in [0.25, 0.3) is 0 Å². The summed E-state index contributed by atoms with van der Waals surface area (Å²) >= 11 is 0. The van der Waals surface area contributed by atoms with Crippen molar-refractivity contribution in [2.45, 2.75) is 38.0 Å². The number of nitrogens with zero attached hydrogens (tertiary/aromatic N) is 3. The minimum Gasteiger partial charge on any atom is -0.375 e. The van der Waals surface area contributed by atoms with Crippen molar-refractivity contribution >= 4 is 5.82 Å². The summed E-state index contributed by atoms with van der Waals surface area (Å²) in [5.74, 6) is 0.819. The highest BCUT2D eigenvalue weighted by atomic mass is 16.5. The van der Waals surface area contributed by atoms with E-state index in [0.29, 0.717) is 12.1 Å². The smallest absolute Gasteiger partial charge is 0.144 e. The lowest BCUT2D eigenvalue weighted by Gasteiger charge is -2.37. The number of hydrogen-bond donors (Lipinski definition) is 1. The van der Waals surface area contributed by atoms with Gasteiger partial charge in [0, 0.05) is 26.2 Å². The minimum absolute atomic E-state index is 0.447. The summed E-state index contributed by atoms with van der Waals surface area (Å²) in [4.78, 5) is 11.3. The Bertz CT molecular complexity index is 394. The second-order valence-electron chi connectivity index (χ2n) is 5.02. The van der Waals surface area contributed by atoms with Gasteiger partial charge in [-0.15, -0.1) is 0 Å². The SMILES string of the molecule is CNc1cnc(CN2CCOC3CCCC32)cn1. The molecule has 98 valence electrons. The Morgan fingerprint density at radius 2 is 2.33 bits per heavy atom. The van der Waals surface area contributed by atoms with Gasteiger partial charge in [-0.05, 0) is 19.3 Å². The van der Waals surface area contributed by atoms with Crippen LogP contribution >= 0.6 is 0 Å². The molecular formula is C13H20N4O. The van der Waals surface area contributed by atoms with Gasteiger partial charge in [0.05, 0.1) is 30.8 Å². The normalized spacial score (nSPS) is 28.1. The van der Waals surface area contributed by atoms with Crippen LogP contribution < -0.4 is 5.32 Å². The number of anilines is 1. The van der Waals surface area contributed by atoms with Crippen molar-refractivity contribution in [3.8, 4) is 0 Å². The van der Waals surface area contributed by atoms with E-state index in [1.54, 1.807) is 6.20 Å². The first-order valence-corrected chi connectivity index (χ1v) is 6.71. The summed E-state index contributed by atoms with van der Waals surface area (Å²) in [6.45, 7) is 2.75. The molecule has 2 atom stereocenters. The first-order valence-electron chi connectivity index (χ1n) is 6.71. The number of hydrogen-bond acceptors (Lipinski definition) is 5. The Kier molecular flexibility index (Phi) is 3.43. The quantitative estimate of drug-likeness (QED) is 0.873. The monoisotopic (exact) mass is 248 g/mol. The predicted molar refractivity (Wildman–Crippen MR) is 69.4 cm³/mol. The Hall–Kier alpha value is -1.20. The van der Waals surface area contributed by atoms with Gasteiger partial charge in [0.2, 0.25) is 0 Å². The number of ether oxygens (including phenoxy) is 1. The molecule has 0 radical (unpaired) electrons. The average Bonchev–Trinajstić information content (AvgIpc) is 2.89. The second-order valence-corrected chi connectivity index (χ2v) is 5.02. The molecule has 1 aromatic rings. The first kappa shape index (κ1) is 11.9. The van der Waals surface area contributed by atoms with Crippen molar-refractivity contribution in [3.63, 3.8) is 0 Å². The Labute approximate surface area is 108 Å². The molecule has 2 heterocycles. The first-order chi connectivity index (χ1) is 8.86. The molecule has 1 saturated heterocycles. The molecule has 2 unspecified atom stereocenters. The van der Waals surface area contributed by atoms with Gasteiger partial charge >= 0.3 is 0 Å². The molecule has 0 bridgehead atoms. The maximum atomic E-state index is 5.82. The van der Waals surface area contributed by atoms with Crippen LogP contribution in [0.5, 0.6) is 0 Å². The van der Waals surface area contributed by atoms with Crippen molar-refractivity contribution in [2.75, 3.05) is 25.5 Å². The van der Waals surface area contributed by atoms with Gasteiger partial charge < -0.3 is 10.1 Å². The molecule has 1 N–H and O–H groups in total. The maximum Gasteiger partial charge on any atom is 0.144 e. The zero-order valence-electron chi connectivity index (χ0n) is 10.8. The van der Waals surface area contributed by atoms with E-state index in [1.807, 2.05) is 13.2 Å². The van der Waals surface area contributed by atoms with E-state index in [0.717, 1.165) is 31.2 Å². The Balaban J connectivity index is 1.67. The molecule has 1 saturated carbocycles. The Morgan fingerprint density at radius 1 is 1.39 bits per heavy atom. The van der Waals surface area contributed by atoms with E-state index in [-0.39, 0.29) is 0 Å². The third-order valence-corrected chi connectivity index (χ3v) is 3.92. The Morgan fingerprint density at radius 3 is 3.11 bits per heavy atom. The van der Waals surface area contributed by atoms with Gasteiger partial charge in [0.25, 0.3) is 0 Å². The second kappa shape index (κ2) is 5.20. The summed E-state index contributed by atoms with van der Waals surface area (Å²) < 4.78 is 5.82. The predicted octanol–water partition coefficient (Wildman–Crippen LogP) is 1.27. The number of rotatable bonds is 3.